The predicted molar refractivity (Wildman–Crippen MR) is 218 cm³/mol. The molecule has 0 aromatic rings. The highest BCUT2D eigenvalue weighted by molar-refractivity contribution is 5.85. The summed E-state index contributed by atoms with van der Waals surface area (Å²) in [6.07, 6.45) is 15.7. The summed E-state index contributed by atoms with van der Waals surface area (Å²) < 4.78 is 13.3. The number of hydrogen-bond acceptors (Lipinski definition) is 6. The van der Waals surface area contributed by atoms with E-state index in [-0.39, 0.29) is 53.3 Å². The molecule has 0 bridgehead atoms. The van der Waals surface area contributed by atoms with Gasteiger partial charge in [-0.3, -0.25) is 0 Å². The van der Waals surface area contributed by atoms with Crippen LogP contribution in [0.3, 0.4) is 0 Å². The van der Waals surface area contributed by atoms with Crippen LogP contribution in [0, 0.1) is 105 Å². The van der Waals surface area contributed by atoms with Gasteiger partial charge in [-0.05, 0) is 187 Å². The first-order valence-electron chi connectivity index (χ1n) is 22.1. The van der Waals surface area contributed by atoms with Crippen molar-refractivity contribution in [2.75, 3.05) is 0 Å². The van der Waals surface area contributed by atoms with Gasteiger partial charge in [0.15, 0.2) is 5.79 Å². The number of aliphatic hydroxyl groups is 2. The zero-order valence-electron chi connectivity index (χ0n) is 34.9. The number of rotatable bonds is 0. The summed E-state index contributed by atoms with van der Waals surface area (Å²) in [7, 11) is 0. The van der Waals surface area contributed by atoms with Crippen molar-refractivity contribution in [2.24, 2.45) is 92.3 Å². The van der Waals surface area contributed by atoms with Gasteiger partial charge in [-0.2, -0.15) is 0 Å². The summed E-state index contributed by atoms with van der Waals surface area (Å²) in [5.41, 5.74) is 13.7. The lowest BCUT2D eigenvalue weighted by Crippen LogP contribution is -2.64. The fraction of sp³-hybridized carbons (Fsp3) is 0.915. The molecule has 7 heteroatoms. The molecule has 54 heavy (non-hydrogen) atoms. The largest absolute Gasteiger partial charge is 0.390 e. The van der Waals surface area contributed by atoms with Gasteiger partial charge in [0.05, 0.1) is 24.4 Å². The van der Waals surface area contributed by atoms with Gasteiger partial charge in [0, 0.05) is 23.9 Å². The van der Waals surface area contributed by atoms with Gasteiger partial charge >= 0.3 is 0 Å². The first kappa shape index (κ1) is 41.3. The minimum atomic E-state index is -0.615. The molecule has 8 saturated carbocycles. The molecule has 9 rings (SSSR count). The molecule has 6 nitrogen and oxygen atoms in total. The summed E-state index contributed by atoms with van der Waals surface area (Å²) >= 11 is 0. The number of ether oxygens (including phenoxy) is 2. The molecule has 8 unspecified atom stereocenters. The Balaban J connectivity index is 0.000000165. The lowest BCUT2D eigenvalue weighted by atomic mass is 9.43. The second-order valence-corrected chi connectivity index (χ2v) is 21.6. The predicted octanol–water partition coefficient (Wildman–Crippen LogP) is 8.10. The number of aliphatic hydroxyl groups excluding tert-OH is 2. The Morgan fingerprint density at radius 1 is 0.500 bits per heavy atom. The van der Waals surface area contributed by atoms with Gasteiger partial charge in [0.1, 0.15) is 0 Å². The lowest BCUT2D eigenvalue weighted by Gasteiger charge is -2.63. The fourth-order valence-corrected chi connectivity index (χ4v) is 16.3. The van der Waals surface area contributed by atoms with E-state index in [1.807, 2.05) is 13.8 Å². The molecule has 1 aliphatic heterocycles. The van der Waals surface area contributed by atoms with Crippen LogP contribution >= 0.6 is 12.4 Å². The van der Waals surface area contributed by atoms with Crippen molar-refractivity contribution in [3.05, 3.63) is 0 Å². The number of hydrogen-bond donors (Lipinski definition) is 4. The Morgan fingerprint density at radius 2 is 0.926 bits per heavy atom. The summed E-state index contributed by atoms with van der Waals surface area (Å²) in [5, 5.41) is 22.2. The highest BCUT2D eigenvalue weighted by Gasteiger charge is 2.69. The van der Waals surface area contributed by atoms with Crippen LogP contribution in [-0.4, -0.2) is 52.5 Å². The minimum absolute atomic E-state index is 0. The molecule has 1 heterocycles. The smallest absolute Gasteiger partial charge is 0.163 e. The normalized spacial score (nSPS) is 56.1. The van der Waals surface area contributed by atoms with E-state index in [1.165, 1.54) is 51.4 Å². The molecule has 0 amide bonds. The van der Waals surface area contributed by atoms with Crippen LogP contribution in [-0.2, 0) is 9.47 Å². The first-order chi connectivity index (χ1) is 25.0. The standard InChI is InChI=1S/C25H39NO2.C22H35NO2.ClH/c1-6-7-15-8-9-17-20-18(11-13-24(15,17)4)25(5)12-10-16(26)14-19(25)21-22(20)28-23(2,3)27-21;1-4-5-13-6-7-15-18-16(9-11-21(13,15)2)22(3)10-8-14(23)12-17(22)19(24)20(18)25;/h15-22H,8-14,26H2,1-5H3;13-20,24-25H,6-12,23H2,1-3H3;1H/t15-,16-,17?,18?,19?,20?,21+,22+,24+,25+;13-,14-,15?,16?,17?,18?,19+,20+,21+,22+;/m00./s1. The second-order valence-electron chi connectivity index (χ2n) is 21.6. The van der Waals surface area contributed by atoms with Gasteiger partial charge in [0.25, 0.3) is 0 Å². The van der Waals surface area contributed by atoms with E-state index in [9.17, 15) is 10.2 Å². The van der Waals surface area contributed by atoms with Crippen molar-refractivity contribution in [1.82, 2.24) is 0 Å². The summed E-state index contributed by atoms with van der Waals surface area (Å²) in [4.78, 5) is 0. The topological polar surface area (TPSA) is 111 Å². The minimum Gasteiger partial charge on any atom is -0.390 e. The molecule has 0 aromatic carbocycles. The van der Waals surface area contributed by atoms with Crippen LogP contribution in [0.15, 0.2) is 0 Å². The Morgan fingerprint density at radius 3 is 1.46 bits per heavy atom. The molecular weight excluding hydrogens is 692 g/mol. The van der Waals surface area contributed by atoms with Gasteiger partial charge in [-0.25, -0.2) is 0 Å². The van der Waals surface area contributed by atoms with Crippen LogP contribution in [0.5, 0.6) is 0 Å². The van der Waals surface area contributed by atoms with Crippen molar-refractivity contribution in [3.63, 3.8) is 0 Å². The van der Waals surface area contributed by atoms with Gasteiger partial charge < -0.3 is 31.2 Å². The number of nitrogens with two attached hydrogens (primary N) is 2. The average molecular weight is 768 g/mol. The van der Waals surface area contributed by atoms with Gasteiger partial charge in [-0.15, -0.1) is 24.2 Å². The highest BCUT2D eigenvalue weighted by atomic mass is 35.5. The summed E-state index contributed by atoms with van der Waals surface area (Å²) in [6, 6.07) is 0.508. The van der Waals surface area contributed by atoms with E-state index < -0.39 is 18.0 Å². The Bertz CT molecular complexity index is 1530. The monoisotopic (exact) mass is 767 g/mol. The maximum absolute atomic E-state index is 11.2. The molecule has 9 aliphatic rings. The van der Waals surface area contributed by atoms with Crippen LogP contribution < -0.4 is 11.5 Å². The fourth-order valence-electron chi connectivity index (χ4n) is 16.3. The zero-order valence-corrected chi connectivity index (χ0v) is 35.7. The molecule has 8 aliphatic carbocycles. The quantitative estimate of drug-likeness (QED) is 0.186. The van der Waals surface area contributed by atoms with Crippen molar-refractivity contribution < 1.29 is 19.7 Å². The van der Waals surface area contributed by atoms with Crippen LogP contribution in [0.25, 0.3) is 0 Å². The molecular formula is C47H75ClN2O4. The summed E-state index contributed by atoms with van der Waals surface area (Å²) in [5.74, 6) is 18.0. The highest BCUT2D eigenvalue weighted by Crippen LogP contribution is 2.70. The van der Waals surface area contributed by atoms with Crippen LogP contribution in [0.4, 0.5) is 0 Å². The van der Waals surface area contributed by atoms with Crippen LogP contribution in [0.2, 0.25) is 0 Å². The van der Waals surface area contributed by atoms with Crippen molar-refractivity contribution >= 4 is 12.4 Å². The Hall–Kier alpha value is -0.830. The maximum Gasteiger partial charge on any atom is 0.163 e. The van der Waals surface area contributed by atoms with E-state index in [2.05, 4.69) is 65.2 Å². The third-order valence-electron chi connectivity index (χ3n) is 19.0. The molecule has 1 saturated heterocycles. The third kappa shape index (κ3) is 6.11. The molecule has 0 spiro atoms. The average Bonchev–Trinajstić information content (AvgIpc) is 3.74. The molecule has 0 aromatic heterocycles. The van der Waals surface area contributed by atoms with E-state index in [0.29, 0.717) is 52.4 Å². The van der Waals surface area contributed by atoms with E-state index in [4.69, 9.17) is 20.9 Å². The van der Waals surface area contributed by atoms with Crippen molar-refractivity contribution in [1.29, 1.82) is 0 Å². The second kappa shape index (κ2) is 14.5. The zero-order chi connectivity index (χ0) is 37.9. The molecule has 6 N–H and O–H groups in total. The molecule has 304 valence electrons. The lowest BCUT2D eigenvalue weighted by molar-refractivity contribution is -0.214. The van der Waals surface area contributed by atoms with E-state index in [0.717, 1.165) is 50.4 Å². The van der Waals surface area contributed by atoms with E-state index >= 15 is 0 Å². The van der Waals surface area contributed by atoms with Gasteiger partial charge in [-0.1, -0.05) is 39.5 Å². The summed E-state index contributed by atoms with van der Waals surface area (Å²) in [6.45, 7) is 18.1. The maximum atomic E-state index is 11.2. The Kier molecular flexibility index (Phi) is 11.1. The molecule has 20 atom stereocenters. The van der Waals surface area contributed by atoms with Crippen LogP contribution in [0.1, 0.15) is 145 Å². The molecule has 0 radical (unpaired) electrons. The van der Waals surface area contributed by atoms with Gasteiger partial charge in [0.2, 0.25) is 0 Å². The number of fused-ring (bicyclic) bond motifs is 13. The molecule has 9 fully saturated rings. The third-order valence-corrected chi connectivity index (χ3v) is 19.0. The Labute approximate surface area is 334 Å². The SMILES string of the molecule is CC#C[C@H]1CCC2C3C(CC[C@@]21C)[C@@]1(C)CC[C@H](N)CC1[C@@H](O)[C@@H]3O.CC#C[C@H]1CCC2C3C(CC[C@@]21C)[C@@]1(C)CC[C@H](N)CC1[C@H]1OC(C)(C)O[C@H]31.Cl. The van der Waals surface area contributed by atoms with Crippen molar-refractivity contribution in [2.45, 2.75) is 188 Å². The number of halogens is 1. The van der Waals surface area contributed by atoms with E-state index in [1.54, 1.807) is 0 Å². The first-order valence-corrected chi connectivity index (χ1v) is 22.1. The van der Waals surface area contributed by atoms with Crippen molar-refractivity contribution in [3.8, 4) is 23.7 Å².